The quantitative estimate of drug-likeness (QED) is 0.833. The van der Waals surface area contributed by atoms with Crippen molar-refractivity contribution in [2.75, 3.05) is 6.54 Å². The Bertz CT molecular complexity index is 611. The second kappa shape index (κ2) is 6.29. The van der Waals surface area contributed by atoms with Crippen LogP contribution >= 0.6 is 11.3 Å². The van der Waals surface area contributed by atoms with Gasteiger partial charge in [-0.3, -0.25) is 0 Å². The standard InChI is InChI=1S/C18H24N2S/c1-12(2)10-19-11-16-17(14-8-9-14)20-18(21-16)15-7-5-4-6-13(15)3/h4-7,12,14,19H,8-11H2,1-3H3. The zero-order valence-corrected chi connectivity index (χ0v) is 14.0. The van der Waals surface area contributed by atoms with Gasteiger partial charge in [-0.05, 0) is 37.8 Å². The van der Waals surface area contributed by atoms with Gasteiger partial charge in [-0.25, -0.2) is 4.98 Å². The van der Waals surface area contributed by atoms with E-state index in [0.29, 0.717) is 5.92 Å². The van der Waals surface area contributed by atoms with Gasteiger partial charge in [0.05, 0.1) is 5.69 Å². The highest BCUT2D eigenvalue weighted by molar-refractivity contribution is 7.15. The number of nitrogens with zero attached hydrogens (tertiary/aromatic N) is 1. The van der Waals surface area contributed by atoms with Crippen LogP contribution in [0.5, 0.6) is 0 Å². The van der Waals surface area contributed by atoms with Gasteiger partial charge in [0.1, 0.15) is 5.01 Å². The Balaban J connectivity index is 1.84. The molecule has 1 saturated carbocycles. The van der Waals surface area contributed by atoms with Crippen LogP contribution in [0.3, 0.4) is 0 Å². The van der Waals surface area contributed by atoms with Crippen molar-refractivity contribution in [2.45, 2.75) is 46.1 Å². The molecule has 0 saturated heterocycles. The minimum atomic E-state index is 0.693. The summed E-state index contributed by atoms with van der Waals surface area (Å²) < 4.78 is 0. The lowest BCUT2D eigenvalue weighted by Gasteiger charge is -2.06. The van der Waals surface area contributed by atoms with Crippen LogP contribution in [-0.2, 0) is 6.54 Å². The molecule has 3 rings (SSSR count). The lowest BCUT2D eigenvalue weighted by atomic mass is 10.1. The van der Waals surface area contributed by atoms with E-state index in [1.165, 1.54) is 39.5 Å². The summed E-state index contributed by atoms with van der Waals surface area (Å²) in [7, 11) is 0. The van der Waals surface area contributed by atoms with Crippen LogP contribution in [0.2, 0.25) is 0 Å². The second-order valence-corrected chi connectivity index (χ2v) is 7.52. The van der Waals surface area contributed by atoms with E-state index in [0.717, 1.165) is 19.0 Å². The monoisotopic (exact) mass is 300 g/mol. The van der Waals surface area contributed by atoms with E-state index in [4.69, 9.17) is 4.98 Å². The fourth-order valence-electron chi connectivity index (χ4n) is 2.57. The van der Waals surface area contributed by atoms with Crippen LogP contribution in [0, 0.1) is 12.8 Å². The van der Waals surface area contributed by atoms with Crippen molar-refractivity contribution in [1.29, 1.82) is 0 Å². The highest BCUT2D eigenvalue weighted by atomic mass is 32.1. The number of hydrogen-bond donors (Lipinski definition) is 1. The van der Waals surface area contributed by atoms with Crippen LogP contribution in [0.4, 0.5) is 0 Å². The average molecular weight is 300 g/mol. The third-order valence-corrected chi connectivity index (χ3v) is 5.01. The summed E-state index contributed by atoms with van der Waals surface area (Å²) in [5, 5.41) is 4.77. The molecule has 1 N–H and O–H groups in total. The van der Waals surface area contributed by atoms with Gasteiger partial charge in [0, 0.05) is 22.9 Å². The first-order valence-corrected chi connectivity index (χ1v) is 8.73. The van der Waals surface area contributed by atoms with Crippen LogP contribution in [0.15, 0.2) is 24.3 Å². The fraction of sp³-hybridized carbons (Fsp3) is 0.500. The summed E-state index contributed by atoms with van der Waals surface area (Å²) in [4.78, 5) is 6.42. The Kier molecular flexibility index (Phi) is 4.41. The molecule has 0 unspecified atom stereocenters. The van der Waals surface area contributed by atoms with E-state index in [2.05, 4.69) is 50.4 Å². The molecule has 3 heteroatoms. The molecule has 1 aliphatic carbocycles. The Morgan fingerprint density at radius 3 is 2.71 bits per heavy atom. The number of benzene rings is 1. The third-order valence-electron chi connectivity index (χ3n) is 3.91. The lowest BCUT2D eigenvalue weighted by Crippen LogP contribution is -2.18. The van der Waals surface area contributed by atoms with Gasteiger partial charge in [-0.1, -0.05) is 38.1 Å². The first-order valence-electron chi connectivity index (χ1n) is 7.91. The Hall–Kier alpha value is -1.19. The van der Waals surface area contributed by atoms with Gasteiger partial charge in [-0.2, -0.15) is 0 Å². The molecule has 2 nitrogen and oxygen atoms in total. The highest BCUT2D eigenvalue weighted by Gasteiger charge is 2.29. The SMILES string of the molecule is Cc1ccccc1-c1nc(C2CC2)c(CNCC(C)C)s1. The summed E-state index contributed by atoms with van der Waals surface area (Å²) in [5.74, 6) is 1.41. The van der Waals surface area contributed by atoms with E-state index in [1.54, 1.807) is 0 Å². The molecule has 1 aromatic heterocycles. The number of thiazole rings is 1. The van der Waals surface area contributed by atoms with Gasteiger partial charge in [0.25, 0.3) is 0 Å². The van der Waals surface area contributed by atoms with Crippen molar-refractivity contribution in [3.05, 3.63) is 40.4 Å². The number of nitrogens with one attached hydrogen (secondary N) is 1. The maximum absolute atomic E-state index is 4.98. The molecular formula is C18H24N2S. The average Bonchev–Trinajstić information content (AvgIpc) is 3.21. The summed E-state index contributed by atoms with van der Waals surface area (Å²) in [5.41, 5.74) is 3.96. The number of aromatic nitrogens is 1. The van der Waals surface area contributed by atoms with Crippen molar-refractivity contribution in [1.82, 2.24) is 10.3 Å². The smallest absolute Gasteiger partial charge is 0.124 e. The third kappa shape index (κ3) is 3.53. The maximum Gasteiger partial charge on any atom is 0.124 e. The molecule has 0 aliphatic heterocycles. The van der Waals surface area contributed by atoms with Gasteiger partial charge in [0.2, 0.25) is 0 Å². The lowest BCUT2D eigenvalue weighted by molar-refractivity contribution is 0.553. The molecule has 1 fully saturated rings. The van der Waals surface area contributed by atoms with Crippen molar-refractivity contribution in [2.24, 2.45) is 5.92 Å². The molecule has 1 aromatic carbocycles. The molecule has 1 aliphatic rings. The fourth-order valence-corrected chi connectivity index (χ4v) is 3.78. The zero-order chi connectivity index (χ0) is 14.8. The van der Waals surface area contributed by atoms with Crippen LogP contribution in [-0.4, -0.2) is 11.5 Å². The zero-order valence-electron chi connectivity index (χ0n) is 13.1. The molecule has 0 bridgehead atoms. The second-order valence-electron chi connectivity index (χ2n) is 6.44. The van der Waals surface area contributed by atoms with Crippen molar-refractivity contribution in [3.63, 3.8) is 0 Å². The minimum absolute atomic E-state index is 0.693. The van der Waals surface area contributed by atoms with Gasteiger partial charge in [-0.15, -0.1) is 11.3 Å². The number of hydrogen-bond acceptors (Lipinski definition) is 3. The summed E-state index contributed by atoms with van der Waals surface area (Å²) in [6.07, 6.45) is 2.63. The van der Waals surface area contributed by atoms with Crippen molar-refractivity contribution < 1.29 is 0 Å². The van der Waals surface area contributed by atoms with E-state index < -0.39 is 0 Å². The summed E-state index contributed by atoms with van der Waals surface area (Å²) in [6, 6.07) is 8.57. The topological polar surface area (TPSA) is 24.9 Å². The molecule has 21 heavy (non-hydrogen) atoms. The Morgan fingerprint density at radius 2 is 2.05 bits per heavy atom. The summed E-state index contributed by atoms with van der Waals surface area (Å²) in [6.45, 7) is 8.71. The number of rotatable bonds is 6. The van der Waals surface area contributed by atoms with E-state index in [1.807, 2.05) is 11.3 Å². The normalized spacial score (nSPS) is 14.9. The molecule has 1 heterocycles. The van der Waals surface area contributed by atoms with Crippen LogP contribution < -0.4 is 5.32 Å². The molecule has 0 radical (unpaired) electrons. The first kappa shape index (κ1) is 14.7. The molecule has 2 aromatic rings. The highest BCUT2D eigenvalue weighted by Crippen LogP contribution is 2.44. The Labute approximate surface area is 131 Å². The van der Waals surface area contributed by atoms with E-state index in [9.17, 15) is 0 Å². The van der Waals surface area contributed by atoms with Crippen LogP contribution in [0.25, 0.3) is 10.6 Å². The molecular weight excluding hydrogens is 276 g/mol. The molecule has 0 atom stereocenters. The number of aryl methyl sites for hydroxylation is 1. The maximum atomic E-state index is 4.98. The predicted molar refractivity (Wildman–Crippen MR) is 90.8 cm³/mol. The van der Waals surface area contributed by atoms with Crippen LogP contribution in [0.1, 0.15) is 48.7 Å². The molecule has 0 amide bonds. The van der Waals surface area contributed by atoms with E-state index >= 15 is 0 Å². The van der Waals surface area contributed by atoms with Gasteiger partial charge >= 0.3 is 0 Å². The van der Waals surface area contributed by atoms with Crippen molar-refractivity contribution >= 4 is 11.3 Å². The predicted octanol–water partition coefficient (Wildman–Crippen LogP) is 4.74. The largest absolute Gasteiger partial charge is 0.312 e. The van der Waals surface area contributed by atoms with Gasteiger partial charge < -0.3 is 5.32 Å². The first-order chi connectivity index (χ1) is 10.1. The van der Waals surface area contributed by atoms with Gasteiger partial charge in [0.15, 0.2) is 0 Å². The summed E-state index contributed by atoms with van der Waals surface area (Å²) >= 11 is 1.87. The minimum Gasteiger partial charge on any atom is -0.312 e. The molecule has 112 valence electrons. The molecule has 0 spiro atoms. The van der Waals surface area contributed by atoms with Crippen molar-refractivity contribution in [3.8, 4) is 10.6 Å². The van der Waals surface area contributed by atoms with E-state index in [-0.39, 0.29) is 0 Å². The Morgan fingerprint density at radius 1 is 1.29 bits per heavy atom.